The van der Waals surface area contributed by atoms with Crippen LogP contribution in [0.15, 0.2) is 35.5 Å². The number of aryl methyl sites for hydroxylation is 1. The number of likely N-dealkylation sites (tertiary alicyclic amines) is 1. The Morgan fingerprint density at radius 1 is 1.04 bits per heavy atom. The van der Waals surface area contributed by atoms with Crippen LogP contribution in [0.5, 0.6) is 0 Å². The minimum absolute atomic E-state index is 0.194. The first-order valence-electron chi connectivity index (χ1n) is 19.8. The molecule has 0 bridgehead atoms. The number of hydrogen-bond donors (Lipinski definition) is 1. The standard InChI is InChI=1S/C42H70N3O2Si/c1-30(2)48(40(4,5)6)47-38-22-25-42(9)36-19-16-31(3)34(35(36)17-20-37(42)41(38,7)8)18-21-39(46)44-33-23-28-45(29-24-33)27-13-11-15-32-14-10-12-26-43-32/h10,12,14,26,30,33,35-38H,11,13,15-25,27-29H2,1-9H3,(H,44,46)/t35?,36?,37?,38-,42+/m0/s1. The van der Waals surface area contributed by atoms with Crippen molar-refractivity contribution >= 4 is 14.9 Å². The van der Waals surface area contributed by atoms with Crippen LogP contribution in [0, 0.1) is 28.6 Å². The first-order chi connectivity index (χ1) is 22.7. The third-order valence-corrected chi connectivity index (χ3v) is 16.5. The van der Waals surface area contributed by atoms with Crippen molar-refractivity contribution < 1.29 is 9.22 Å². The largest absolute Gasteiger partial charge is 0.412 e. The lowest BCUT2D eigenvalue weighted by molar-refractivity contribution is -0.144. The number of allylic oxidation sites excluding steroid dienone is 2. The third kappa shape index (κ3) is 8.68. The average Bonchev–Trinajstić information content (AvgIpc) is 3.02. The van der Waals surface area contributed by atoms with Crippen LogP contribution in [-0.4, -0.2) is 56.6 Å². The Hall–Kier alpha value is -1.50. The van der Waals surface area contributed by atoms with E-state index >= 15 is 0 Å². The van der Waals surface area contributed by atoms with Gasteiger partial charge in [-0.2, -0.15) is 0 Å². The topological polar surface area (TPSA) is 54.5 Å². The second-order valence-electron chi connectivity index (χ2n) is 18.4. The number of unbranched alkanes of at least 4 members (excludes halogenated alkanes) is 1. The summed E-state index contributed by atoms with van der Waals surface area (Å²) in [6.07, 6.45) is 17.1. The molecular formula is C42H70N3O2Si. The Labute approximate surface area is 296 Å². The van der Waals surface area contributed by atoms with Crippen LogP contribution in [-0.2, 0) is 15.6 Å². The minimum Gasteiger partial charge on any atom is -0.412 e. The fourth-order valence-electron chi connectivity index (χ4n) is 11.0. The predicted molar refractivity (Wildman–Crippen MR) is 202 cm³/mol. The molecule has 0 spiro atoms. The molecule has 5 atom stereocenters. The van der Waals surface area contributed by atoms with Crippen LogP contribution in [0.25, 0.3) is 0 Å². The van der Waals surface area contributed by atoms with E-state index in [0.29, 0.717) is 41.4 Å². The molecule has 0 aromatic carbocycles. The van der Waals surface area contributed by atoms with E-state index in [4.69, 9.17) is 4.43 Å². The van der Waals surface area contributed by atoms with E-state index in [1.54, 1.807) is 11.1 Å². The van der Waals surface area contributed by atoms with Gasteiger partial charge in [0.25, 0.3) is 0 Å². The highest BCUT2D eigenvalue weighted by Crippen LogP contribution is 2.65. The van der Waals surface area contributed by atoms with Gasteiger partial charge in [-0.3, -0.25) is 9.78 Å². The summed E-state index contributed by atoms with van der Waals surface area (Å²) in [5.74, 6) is 2.37. The fraction of sp³-hybridized carbons (Fsp3) is 0.810. The van der Waals surface area contributed by atoms with Crippen molar-refractivity contribution in [3.05, 3.63) is 41.2 Å². The van der Waals surface area contributed by atoms with Crippen LogP contribution in [0.2, 0.25) is 10.6 Å². The molecule has 3 unspecified atom stereocenters. The highest BCUT2D eigenvalue weighted by molar-refractivity contribution is 6.56. The lowest BCUT2D eigenvalue weighted by atomic mass is 9.43. The molecule has 1 aliphatic heterocycles. The molecule has 2 heterocycles. The first-order valence-corrected chi connectivity index (χ1v) is 21.3. The molecule has 1 aromatic heterocycles. The van der Waals surface area contributed by atoms with E-state index in [-0.39, 0.29) is 16.4 Å². The van der Waals surface area contributed by atoms with Crippen LogP contribution in [0.1, 0.15) is 145 Å². The maximum absolute atomic E-state index is 13.3. The first kappa shape index (κ1) is 37.7. The smallest absolute Gasteiger partial charge is 0.220 e. The second-order valence-corrected chi connectivity index (χ2v) is 22.0. The molecule has 4 aliphatic rings. The van der Waals surface area contributed by atoms with Gasteiger partial charge in [0.2, 0.25) is 14.9 Å². The number of piperidine rings is 1. The number of nitrogens with zero attached hydrogens (tertiary/aromatic N) is 2. The summed E-state index contributed by atoms with van der Waals surface area (Å²) in [4.78, 5) is 20.3. The van der Waals surface area contributed by atoms with Crippen LogP contribution >= 0.6 is 0 Å². The molecule has 6 heteroatoms. The summed E-state index contributed by atoms with van der Waals surface area (Å²) in [5.41, 5.74) is 5.61. The predicted octanol–water partition coefficient (Wildman–Crippen LogP) is 9.93. The summed E-state index contributed by atoms with van der Waals surface area (Å²) in [7, 11) is -0.934. The van der Waals surface area contributed by atoms with E-state index in [1.807, 2.05) is 12.3 Å². The van der Waals surface area contributed by atoms with Crippen molar-refractivity contribution in [3.63, 3.8) is 0 Å². The van der Waals surface area contributed by atoms with Crippen molar-refractivity contribution in [3.8, 4) is 0 Å². The zero-order valence-electron chi connectivity index (χ0n) is 32.3. The Kier molecular flexibility index (Phi) is 12.4. The van der Waals surface area contributed by atoms with E-state index in [2.05, 4.69) is 89.6 Å². The van der Waals surface area contributed by atoms with E-state index in [9.17, 15) is 4.79 Å². The molecule has 5 rings (SSSR count). The number of carbonyl (C=O) groups excluding carboxylic acids is 1. The van der Waals surface area contributed by atoms with Crippen molar-refractivity contribution in [2.24, 2.45) is 28.6 Å². The van der Waals surface area contributed by atoms with E-state index < -0.39 is 9.04 Å². The van der Waals surface area contributed by atoms with E-state index in [1.165, 1.54) is 57.1 Å². The number of carbonyl (C=O) groups is 1. The van der Waals surface area contributed by atoms with Crippen molar-refractivity contribution in [1.29, 1.82) is 0 Å². The van der Waals surface area contributed by atoms with Gasteiger partial charge in [-0.15, -0.1) is 0 Å². The fourth-order valence-corrected chi connectivity index (χ4v) is 14.1. The maximum atomic E-state index is 13.3. The molecule has 1 amide bonds. The summed E-state index contributed by atoms with van der Waals surface area (Å²) >= 11 is 0. The van der Waals surface area contributed by atoms with Crippen molar-refractivity contribution in [2.45, 2.75) is 169 Å². The lowest BCUT2D eigenvalue weighted by Gasteiger charge is -2.63. The number of fused-ring (bicyclic) bond motifs is 3. The molecule has 5 nitrogen and oxygen atoms in total. The number of aromatic nitrogens is 1. The molecule has 1 aromatic rings. The molecule has 269 valence electrons. The van der Waals surface area contributed by atoms with Crippen molar-refractivity contribution in [1.82, 2.24) is 15.2 Å². The zero-order valence-corrected chi connectivity index (χ0v) is 33.3. The Bertz CT molecular complexity index is 1230. The number of rotatable bonds is 12. The molecular weight excluding hydrogens is 607 g/mol. The van der Waals surface area contributed by atoms with Crippen LogP contribution < -0.4 is 5.32 Å². The zero-order chi connectivity index (χ0) is 34.7. The highest BCUT2D eigenvalue weighted by Gasteiger charge is 2.59. The Morgan fingerprint density at radius 2 is 1.79 bits per heavy atom. The van der Waals surface area contributed by atoms with Gasteiger partial charge in [-0.05, 0) is 142 Å². The average molecular weight is 677 g/mol. The molecule has 1 radical (unpaired) electrons. The minimum atomic E-state index is -0.934. The normalized spacial score (nSPS) is 30.0. The Balaban J connectivity index is 1.10. The van der Waals surface area contributed by atoms with Crippen LogP contribution in [0.3, 0.4) is 0 Å². The summed E-state index contributed by atoms with van der Waals surface area (Å²) in [6.45, 7) is 25.4. The quantitative estimate of drug-likeness (QED) is 0.136. The monoisotopic (exact) mass is 677 g/mol. The van der Waals surface area contributed by atoms with Crippen molar-refractivity contribution in [2.75, 3.05) is 19.6 Å². The molecule has 2 saturated carbocycles. The number of hydrogen-bond acceptors (Lipinski definition) is 4. The van der Waals surface area contributed by atoms with Gasteiger partial charge in [-0.25, -0.2) is 0 Å². The molecule has 1 saturated heterocycles. The second kappa shape index (κ2) is 15.8. The van der Waals surface area contributed by atoms with E-state index in [0.717, 1.165) is 51.2 Å². The van der Waals surface area contributed by atoms with Gasteiger partial charge in [0.15, 0.2) is 0 Å². The molecule has 3 aliphatic carbocycles. The number of nitrogens with one attached hydrogen (secondary N) is 1. The number of amides is 1. The maximum Gasteiger partial charge on any atom is 0.220 e. The molecule has 48 heavy (non-hydrogen) atoms. The van der Waals surface area contributed by atoms with Gasteiger partial charge in [0.05, 0.1) is 6.10 Å². The number of pyridine rings is 1. The van der Waals surface area contributed by atoms with Crippen LogP contribution in [0.4, 0.5) is 0 Å². The Morgan fingerprint density at radius 3 is 2.46 bits per heavy atom. The van der Waals surface area contributed by atoms with Gasteiger partial charge in [-0.1, -0.05) is 72.6 Å². The van der Waals surface area contributed by atoms with Gasteiger partial charge < -0.3 is 14.6 Å². The lowest BCUT2D eigenvalue weighted by Crippen LogP contribution is -2.58. The third-order valence-electron chi connectivity index (χ3n) is 13.4. The van der Waals surface area contributed by atoms with Gasteiger partial charge >= 0.3 is 0 Å². The van der Waals surface area contributed by atoms with Gasteiger partial charge in [0.1, 0.15) is 0 Å². The SMILES string of the molecule is CC1=C(CCC(=O)NC2CCN(CCCCc3ccccn3)CC2)C2CCC3C(C)(C)[C@@H](O[Si](C(C)C)C(C)(C)C)CC[C@]3(C)C2CC1. The highest BCUT2D eigenvalue weighted by atomic mass is 28.3. The summed E-state index contributed by atoms with van der Waals surface area (Å²) < 4.78 is 7.21. The van der Waals surface area contributed by atoms with Gasteiger partial charge in [0, 0.05) is 37.4 Å². The molecule has 1 N–H and O–H groups in total. The molecule has 3 fully saturated rings. The summed E-state index contributed by atoms with van der Waals surface area (Å²) in [5, 5.41) is 3.70. The summed E-state index contributed by atoms with van der Waals surface area (Å²) in [6, 6.07) is 6.53.